The summed E-state index contributed by atoms with van der Waals surface area (Å²) in [5.41, 5.74) is 0.233. The number of carboxylic acid groups (broad SMARTS) is 1. The maximum absolute atomic E-state index is 11.3. The highest BCUT2D eigenvalue weighted by molar-refractivity contribution is 6.06. The van der Waals surface area contributed by atoms with E-state index >= 15 is 0 Å². The zero-order chi connectivity index (χ0) is 14.7. The largest absolute Gasteiger partial charge is 0.478 e. The van der Waals surface area contributed by atoms with Gasteiger partial charge in [0.25, 0.3) is 0 Å². The Morgan fingerprint density at radius 3 is 2.90 bits per heavy atom. The van der Waals surface area contributed by atoms with E-state index in [0.717, 1.165) is 43.8 Å². The fourth-order valence-electron chi connectivity index (χ4n) is 2.71. The van der Waals surface area contributed by atoms with Crippen LogP contribution in [0.1, 0.15) is 23.2 Å². The summed E-state index contributed by atoms with van der Waals surface area (Å²) in [6.45, 7) is 2.42. The number of nitrogens with zero attached hydrogens (tertiary/aromatic N) is 1. The third-order valence-corrected chi connectivity index (χ3v) is 3.84. The van der Waals surface area contributed by atoms with Gasteiger partial charge in [0.05, 0.1) is 12.2 Å². The van der Waals surface area contributed by atoms with Crippen molar-refractivity contribution in [2.45, 2.75) is 12.8 Å². The molecular weight excluding hydrogens is 268 g/mol. The van der Waals surface area contributed by atoms with E-state index in [0.29, 0.717) is 11.3 Å². The standard InChI is InChI=1S/C16H18N2O3/c19-16(20)14-9-18-15(13-6-2-1-5-12(13)14)17-8-11-4-3-7-21-10-11/h1-2,5-6,9,11H,3-4,7-8,10H2,(H,17,18)(H,19,20). The van der Waals surface area contributed by atoms with E-state index in [1.807, 2.05) is 24.3 Å². The molecule has 1 saturated heterocycles. The van der Waals surface area contributed by atoms with Crippen LogP contribution in [0.25, 0.3) is 10.8 Å². The third kappa shape index (κ3) is 2.97. The molecular formula is C16H18N2O3. The highest BCUT2D eigenvalue weighted by Crippen LogP contribution is 2.25. The second kappa shape index (κ2) is 6.10. The number of pyridine rings is 1. The zero-order valence-corrected chi connectivity index (χ0v) is 11.7. The van der Waals surface area contributed by atoms with Crippen LogP contribution in [-0.4, -0.2) is 35.8 Å². The predicted octanol–water partition coefficient (Wildman–Crippen LogP) is 2.77. The molecule has 1 fully saturated rings. The number of benzene rings is 1. The van der Waals surface area contributed by atoms with Crippen LogP contribution >= 0.6 is 0 Å². The molecule has 0 radical (unpaired) electrons. The second-order valence-corrected chi connectivity index (χ2v) is 5.34. The summed E-state index contributed by atoms with van der Waals surface area (Å²) in [5.74, 6) is 0.269. The van der Waals surface area contributed by atoms with Crippen LogP contribution in [0.5, 0.6) is 0 Å². The fourth-order valence-corrected chi connectivity index (χ4v) is 2.71. The SMILES string of the molecule is O=C(O)c1cnc(NCC2CCCOC2)c2ccccc12. The van der Waals surface area contributed by atoms with Gasteiger partial charge in [0.15, 0.2) is 0 Å². The second-order valence-electron chi connectivity index (χ2n) is 5.34. The average molecular weight is 286 g/mol. The van der Waals surface area contributed by atoms with E-state index in [1.54, 1.807) is 0 Å². The Bertz CT molecular complexity index is 651. The van der Waals surface area contributed by atoms with E-state index in [4.69, 9.17) is 4.74 Å². The van der Waals surface area contributed by atoms with Crippen LogP contribution in [0.15, 0.2) is 30.5 Å². The first-order chi connectivity index (χ1) is 10.3. The van der Waals surface area contributed by atoms with Crippen LogP contribution < -0.4 is 5.32 Å². The van der Waals surface area contributed by atoms with Gasteiger partial charge in [-0.3, -0.25) is 0 Å². The topological polar surface area (TPSA) is 71.5 Å². The van der Waals surface area contributed by atoms with Gasteiger partial charge in [0, 0.05) is 30.1 Å². The minimum absolute atomic E-state index is 0.233. The van der Waals surface area contributed by atoms with Crippen molar-refractivity contribution in [3.63, 3.8) is 0 Å². The Morgan fingerprint density at radius 1 is 1.38 bits per heavy atom. The molecule has 2 heterocycles. The molecule has 3 rings (SSSR count). The monoisotopic (exact) mass is 286 g/mol. The minimum Gasteiger partial charge on any atom is -0.478 e. The molecule has 0 aliphatic carbocycles. The van der Waals surface area contributed by atoms with E-state index in [9.17, 15) is 9.90 Å². The summed E-state index contributed by atoms with van der Waals surface area (Å²) in [4.78, 5) is 15.5. The summed E-state index contributed by atoms with van der Waals surface area (Å²) in [6, 6.07) is 7.45. The van der Waals surface area contributed by atoms with Gasteiger partial charge in [0.2, 0.25) is 0 Å². The molecule has 0 saturated carbocycles. The Morgan fingerprint density at radius 2 is 2.19 bits per heavy atom. The average Bonchev–Trinajstić information content (AvgIpc) is 2.53. The molecule has 1 unspecified atom stereocenters. The van der Waals surface area contributed by atoms with Crippen molar-refractivity contribution in [1.29, 1.82) is 0 Å². The molecule has 1 aromatic carbocycles. The molecule has 0 spiro atoms. The number of hydrogen-bond acceptors (Lipinski definition) is 4. The Hall–Kier alpha value is -2.14. The summed E-state index contributed by atoms with van der Waals surface area (Å²) in [6.07, 6.45) is 3.67. The van der Waals surface area contributed by atoms with E-state index < -0.39 is 5.97 Å². The normalized spacial score (nSPS) is 18.6. The lowest BCUT2D eigenvalue weighted by Gasteiger charge is -2.22. The lowest BCUT2D eigenvalue weighted by molar-refractivity contribution is 0.0595. The van der Waals surface area contributed by atoms with Crippen molar-refractivity contribution in [3.8, 4) is 0 Å². The van der Waals surface area contributed by atoms with Gasteiger partial charge in [0.1, 0.15) is 5.82 Å². The summed E-state index contributed by atoms with van der Waals surface area (Å²) in [5, 5.41) is 14.1. The maximum atomic E-state index is 11.3. The molecule has 1 aliphatic rings. The molecule has 1 atom stereocenters. The highest BCUT2D eigenvalue weighted by atomic mass is 16.5. The molecule has 0 amide bonds. The fraction of sp³-hybridized carbons (Fsp3) is 0.375. The van der Waals surface area contributed by atoms with Gasteiger partial charge in [-0.05, 0) is 18.8 Å². The first-order valence-corrected chi connectivity index (χ1v) is 7.18. The number of fused-ring (bicyclic) bond motifs is 1. The van der Waals surface area contributed by atoms with Crippen LogP contribution in [0.2, 0.25) is 0 Å². The van der Waals surface area contributed by atoms with Crippen LogP contribution in [0, 0.1) is 5.92 Å². The number of rotatable bonds is 4. The third-order valence-electron chi connectivity index (χ3n) is 3.84. The predicted molar refractivity (Wildman–Crippen MR) is 80.7 cm³/mol. The smallest absolute Gasteiger partial charge is 0.337 e. The van der Waals surface area contributed by atoms with E-state index in [2.05, 4.69) is 10.3 Å². The molecule has 0 bridgehead atoms. The van der Waals surface area contributed by atoms with E-state index in [1.165, 1.54) is 6.20 Å². The van der Waals surface area contributed by atoms with Crippen molar-refractivity contribution in [1.82, 2.24) is 4.98 Å². The Kier molecular flexibility index (Phi) is 4.01. The number of ether oxygens (including phenoxy) is 1. The van der Waals surface area contributed by atoms with E-state index in [-0.39, 0.29) is 5.56 Å². The summed E-state index contributed by atoms with van der Waals surface area (Å²) >= 11 is 0. The number of aromatic nitrogens is 1. The minimum atomic E-state index is -0.953. The first-order valence-electron chi connectivity index (χ1n) is 7.18. The van der Waals surface area contributed by atoms with Gasteiger partial charge in [-0.1, -0.05) is 24.3 Å². The number of aromatic carboxylic acids is 1. The Balaban J connectivity index is 1.85. The van der Waals surface area contributed by atoms with Crippen molar-refractivity contribution in [2.24, 2.45) is 5.92 Å². The molecule has 21 heavy (non-hydrogen) atoms. The summed E-state index contributed by atoms with van der Waals surface area (Å²) < 4.78 is 5.47. The number of hydrogen-bond donors (Lipinski definition) is 2. The lowest BCUT2D eigenvalue weighted by Crippen LogP contribution is -2.24. The highest BCUT2D eigenvalue weighted by Gasteiger charge is 2.16. The molecule has 2 aromatic rings. The Labute approximate surface area is 123 Å². The number of nitrogens with one attached hydrogen (secondary N) is 1. The van der Waals surface area contributed by atoms with Gasteiger partial charge >= 0.3 is 5.97 Å². The molecule has 2 N–H and O–H groups in total. The van der Waals surface area contributed by atoms with Crippen molar-refractivity contribution >= 4 is 22.6 Å². The molecule has 5 nitrogen and oxygen atoms in total. The zero-order valence-electron chi connectivity index (χ0n) is 11.7. The summed E-state index contributed by atoms with van der Waals surface area (Å²) in [7, 11) is 0. The van der Waals surface area contributed by atoms with Crippen LogP contribution in [-0.2, 0) is 4.74 Å². The molecule has 1 aliphatic heterocycles. The van der Waals surface area contributed by atoms with Crippen molar-refractivity contribution < 1.29 is 14.6 Å². The number of anilines is 1. The van der Waals surface area contributed by atoms with Crippen molar-refractivity contribution in [2.75, 3.05) is 25.1 Å². The first kappa shape index (κ1) is 13.8. The van der Waals surface area contributed by atoms with Crippen LogP contribution in [0.4, 0.5) is 5.82 Å². The molecule has 1 aromatic heterocycles. The van der Waals surface area contributed by atoms with Gasteiger partial charge in [-0.15, -0.1) is 0 Å². The van der Waals surface area contributed by atoms with Crippen molar-refractivity contribution in [3.05, 3.63) is 36.0 Å². The van der Waals surface area contributed by atoms with Gasteiger partial charge in [-0.25, -0.2) is 9.78 Å². The maximum Gasteiger partial charge on any atom is 0.337 e. The molecule has 110 valence electrons. The number of carbonyl (C=O) groups is 1. The lowest BCUT2D eigenvalue weighted by atomic mass is 10.0. The van der Waals surface area contributed by atoms with Crippen LogP contribution in [0.3, 0.4) is 0 Å². The number of carboxylic acids is 1. The van der Waals surface area contributed by atoms with Gasteiger partial charge < -0.3 is 15.2 Å². The quantitative estimate of drug-likeness (QED) is 0.904. The molecule has 5 heteroatoms. The van der Waals surface area contributed by atoms with Gasteiger partial charge in [-0.2, -0.15) is 0 Å².